The third kappa shape index (κ3) is 3.39. The molecule has 114 valence electrons. The molecule has 3 rings (SSSR count). The lowest BCUT2D eigenvalue weighted by Crippen LogP contribution is -2.26. The Morgan fingerprint density at radius 2 is 1.90 bits per heavy atom. The Labute approximate surface area is 139 Å². The lowest BCUT2D eigenvalue weighted by molar-refractivity contribution is 0.415. The van der Waals surface area contributed by atoms with Gasteiger partial charge in [-0.2, -0.15) is 4.37 Å². The van der Waals surface area contributed by atoms with Crippen molar-refractivity contribution in [3.05, 3.63) is 29.8 Å². The summed E-state index contributed by atoms with van der Waals surface area (Å²) in [6, 6.07) is 7.93. The predicted octanol–water partition coefficient (Wildman–Crippen LogP) is 3.57. The summed E-state index contributed by atoms with van der Waals surface area (Å²) >= 11 is 1.38. The van der Waals surface area contributed by atoms with Crippen LogP contribution in [0.3, 0.4) is 0 Å². The van der Waals surface area contributed by atoms with Crippen molar-refractivity contribution < 1.29 is 9.84 Å². The van der Waals surface area contributed by atoms with Gasteiger partial charge in [-0.3, -0.25) is 0 Å². The van der Waals surface area contributed by atoms with Crippen molar-refractivity contribution in [2.75, 3.05) is 20.2 Å². The molecule has 1 aliphatic heterocycles. The van der Waals surface area contributed by atoms with E-state index in [1.807, 2.05) is 24.3 Å². The number of hydrogen-bond acceptors (Lipinski definition) is 5. The fourth-order valence-corrected chi connectivity index (χ4v) is 3.59. The number of halogens is 1. The minimum Gasteiger partial charge on any atom is -0.497 e. The Hall–Kier alpha value is -1.11. The highest BCUT2D eigenvalue weighted by atomic mass is 79.9. The van der Waals surface area contributed by atoms with E-state index in [4.69, 9.17) is 4.74 Å². The van der Waals surface area contributed by atoms with Crippen molar-refractivity contribution in [3.8, 4) is 22.1 Å². The number of piperidine rings is 1. The van der Waals surface area contributed by atoms with Crippen LogP contribution in [-0.2, 0) is 0 Å². The van der Waals surface area contributed by atoms with Gasteiger partial charge < -0.3 is 15.2 Å². The van der Waals surface area contributed by atoms with Gasteiger partial charge in [0, 0.05) is 5.56 Å². The van der Waals surface area contributed by atoms with Crippen LogP contribution in [0.25, 0.3) is 10.4 Å². The first-order valence-electron chi connectivity index (χ1n) is 6.83. The number of benzene rings is 1. The molecule has 0 aliphatic carbocycles. The van der Waals surface area contributed by atoms with Crippen LogP contribution in [0, 0.1) is 0 Å². The molecule has 21 heavy (non-hydrogen) atoms. The summed E-state index contributed by atoms with van der Waals surface area (Å²) in [6.07, 6.45) is 2.10. The van der Waals surface area contributed by atoms with Crippen LogP contribution in [0.1, 0.15) is 24.3 Å². The van der Waals surface area contributed by atoms with Crippen molar-refractivity contribution >= 4 is 28.5 Å². The van der Waals surface area contributed by atoms with Crippen molar-refractivity contribution in [2.45, 2.75) is 18.8 Å². The number of nitrogens with zero attached hydrogens (tertiary/aromatic N) is 1. The number of nitrogens with one attached hydrogen (secondary N) is 1. The summed E-state index contributed by atoms with van der Waals surface area (Å²) in [5, 5.41) is 13.5. The molecule has 1 aliphatic rings. The van der Waals surface area contributed by atoms with E-state index in [9.17, 15) is 5.11 Å². The molecule has 0 bridgehead atoms. The van der Waals surface area contributed by atoms with Gasteiger partial charge in [0.25, 0.3) is 0 Å². The van der Waals surface area contributed by atoms with E-state index in [2.05, 4.69) is 9.69 Å². The molecule has 0 atom stereocenters. The summed E-state index contributed by atoms with van der Waals surface area (Å²) in [6.45, 7) is 2.00. The van der Waals surface area contributed by atoms with Crippen LogP contribution >= 0.6 is 28.5 Å². The molecular formula is C15H19BrN2O2S. The number of aromatic nitrogens is 1. The highest BCUT2D eigenvalue weighted by molar-refractivity contribution is 8.93. The summed E-state index contributed by atoms with van der Waals surface area (Å²) in [7, 11) is 1.66. The smallest absolute Gasteiger partial charge is 0.226 e. The van der Waals surface area contributed by atoms with Gasteiger partial charge in [0.05, 0.1) is 12.0 Å². The second kappa shape index (κ2) is 7.24. The van der Waals surface area contributed by atoms with Crippen LogP contribution in [-0.4, -0.2) is 29.7 Å². The summed E-state index contributed by atoms with van der Waals surface area (Å²) in [5.74, 6) is 1.44. The Bertz CT molecular complexity index is 580. The molecule has 0 unspecified atom stereocenters. The van der Waals surface area contributed by atoms with E-state index in [-0.39, 0.29) is 22.9 Å². The highest BCUT2D eigenvalue weighted by Crippen LogP contribution is 2.42. The zero-order chi connectivity index (χ0) is 13.9. The molecule has 6 heteroatoms. The van der Waals surface area contributed by atoms with E-state index in [1.165, 1.54) is 11.5 Å². The molecule has 2 N–H and O–H groups in total. The van der Waals surface area contributed by atoms with Crippen molar-refractivity contribution in [1.82, 2.24) is 9.69 Å². The number of rotatable bonds is 3. The zero-order valence-electron chi connectivity index (χ0n) is 11.8. The second-order valence-corrected chi connectivity index (χ2v) is 5.78. The number of methoxy groups -OCH3 is 1. The number of aromatic hydroxyl groups is 1. The molecule has 1 fully saturated rings. The quantitative estimate of drug-likeness (QED) is 0.866. The minimum atomic E-state index is 0. The summed E-state index contributed by atoms with van der Waals surface area (Å²) in [5.41, 5.74) is 2.11. The van der Waals surface area contributed by atoms with Crippen LogP contribution in [0.4, 0.5) is 0 Å². The standard InChI is InChI=1S/C15H18N2O2S.BrH/c1-19-12-4-2-11(3-5-12)14-13(15(18)17-20-14)10-6-8-16-9-7-10;/h2-5,10,16H,6-9H2,1H3,(H,17,18);1H. The zero-order valence-corrected chi connectivity index (χ0v) is 14.4. The molecule has 1 aromatic carbocycles. The number of hydrogen-bond donors (Lipinski definition) is 2. The fourth-order valence-electron chi connectivity index (χ4n) is 2.72. The van der Waals surface area contributed by atoms with Gasteiger partial charge >= 0.3 is 0 Å². The van der Waals surface area contributed by atoms with Crippen molar-refractivity contribution in [1.29, 1.82) is 0 Å². The van der Waals surface area contributed by atoms with Gasteiger partial charge in [0.2, 0.25) is 5.88 Å². The maximum absolute atomic E-state index is 10.1. The Morgan fingerprint density at radius 3 is 2.52 bits per heavy atom. The molecule has 2 heterocycles. The maximum atomic E-state index is 10.1. The highest BCUT2D eigenvalue weighted by Gasteiger charge is 2.25. The van der Waals surface area contributed by atoms with E-state index in [1.54, 1.807) is 7.11 Å². The largest absolute Gasteiger partial charge is 0.497 e. The first-order chi connectivity index (χ1) is 9.79. The lowest BCUT2D eigenvalue weighted by Gasteiger charge is -2.23. The Balaban J connectivity index is 0.00000161. The lowest BCUT2D eigenvalue weighted by atomic mass is 9.89. The van der Waals surface area contributed by atoms with E-state index < -0.39 is 0 Å². The summed E-state index contributed by atoms with van der Waals surface area (Å²) in [4.78, 5) is 1.08. The van der Waals surface area contributed by atoms with Gasteiger partial charge in [-0.15, -0.1) is 17.0 Å². The Kier molecular flexibility index (Phi) is 5.61. The van der Waals surface area contributed by atoms with Crippen LogP contribution in [0.5, 0.6) is 11.6 Å². The van der Waals surface area contributed by atoms with E-state index >= 15 is 0 Å². The monoisotopic (exact) mass is 370 g/mol. The topological polar surface area (TPSA) is 54.4 Å². The fraction of sp³-hybridized carbons (Fsp3) is 0.400. The van der Waals surface area contributed by atoms with Crippen molar-refractivity contribution in [2.24, 2.45) is 0 Å². The van der Waals surface area contributed by atoms with Gasteiger partial charge in [0.1, 0.15) is 5.75 Å². The molecule has 0 saturated carbocycles. The van der Waals surface area contributed by atoms with E-state index in [0.29, 0.717) is 5.92 Å². The van der Waals surface area contributed by atoms with Gasteiger partial charge in [0.15, 0.2) is 0 Å². The average molecular weight is 371 g/mol. The molecule has 0 amide bonds. The van der Waals surface area contributed by atoms with Crippen molar-refractivity contribution in [3.63, 3.8) is 0 Å². The average Bonchev–Trinajstić information content (AvgIpc) is 2.90. The molecular weight excluding hydrogens is 352 g/mol. The predicted molar refractivity (Wildman–Crippen MR) is 90.9 cm³/mol. The molecule has 1 aromatic heterocycles. The van der Waals surface area contributed by atoms with Crippen LogP contribution in [0.15, 0.2) is 24.3 Å². The van der Waals surface area contributed by atoms with Crippen LogP contribution < -0.4 is 10.1 Å². The third-order valence-corrected chi connectivity index (χ3v) is 4.71. The molecule has 0 radical (unpaired) electrons. The first kappa shape index (κ1) is 16.3. The first-order valence-corrected chi connectivity index (χ1v) is 7.60. The van der Waals surface area contributed by atoms with Gasteiger partial charge in [-0.25, -0.2) is 0 Å². The second-order valence-electron chi connectivity index (χ2n) is 5.00. The van der Waals surface area contributed by atoms with Crippen LogP contribution in [0.2, 0.25) is 0 Å². The summed E-state index contributed by atoms with van der Waals surface area (Å²) < 4.78 is 9.34. The molecule has 4 nitrogen and oxygen atoms in total. The van der Waals surface area contributed by atoms with E-state index in [0.717, 1.165) is 47.7 Å². The maximum Gasteiger partial charge on any atom is 0.226 e. The number of ether oxygens (including phenoxy) is 1. The molecule has 0 spiro atoms. The minimum absolute atomic E-state index is 0. The van der Waals surface area contributed by atoms with Gasteiger partial charge in [-0.05, 0) is 73.2 Å². The van der Waals surface area contributed by atoms with Gasteiger partial charge in [-0.1, -0.05) is 0 Å². The molecule has 2 aromatic rings. The Morgan fingerprint density at radius 1 is 1.24 bits per heavy atom. The third-order valence-electron chi connectivity index (χ3n) is 3.81. The SMILES string of the molecule is Br.COc1ccc(-c2snc(O)c2C2CCNCC2)cc1. The molecule has 1 saturated heterocycles. The normalized spacial score (nSPS) is 15.5.